The second-order valence-corrected chi connectivity index (χ2v) is 6.49. The van der Waals surface area contributed by atoms with Gasteiger partial charge in [-0.2, -0.15) is 0 Å². The quantitative estimate of drug-likeness (QED) is 0.393. The van der Waals surface area contributed by atoms with Crippen molar-refractivity contribution in [1.29, 1.82) is 0 Å². The minimum absolute atomic E-state index is 0.278. The largest absolute Gasteiger partial charge is 0.480 e. The Hall–Kier alpha value is 0.430. The van der Waals surface area contributed by atoms with Crippen LogP contribution < -0.4 is 5.73 Å². The van der Waals surface area contributed by atoms with Crippen LogP contribution in [0, 0.1) is 0 Å². The summed E-state index contributed by atoms with van der Waals surface area (Å²) in [4.78, 5) is 9.24. The fraction of sp³-hybridized carbons (Fsp3) is 0.938. The molecule has 0 radical (unpaired) electrons. The van der Waals surface area contributed by atoms with Gasteiger partial charge in [-0.1, -0.05) is 13.3 Å². The van der Waals surface area contributed by atoms with Crippen LogP contribution in [0.15, 0.2) is 0 Å². The molecule has 0 saturated carbocycles. The number of hydrogen-bond donors (Lipinski definition) is 2. The summed E-state index contributed by atoms with van der Waals surface area (Å²) in [5.74, 6) is -0.968. The fourth-order valence-corrected chi connectivity index (χ4v) is 2.59. The van der Waals surface area contributed by atoms with Crippen LogP contribution in [0.2, 0.25) is 3.67 Å². The summed E-state index contributed by atoms with van der Waals surface area (Å²) >= 11 is 1.41. The molecule has 0 aromatic rings. The number of nitrogens with two attached hydrogens (primary N) is 1. The maximum atomic E-state index is 9.24. The minimum Gasteiger partial charge on any atom is -0.480 e. The van der Waals surface area contributed by atoms with Crippen molar-refractivity contribution in [3.63, 3.8) is 0 Å². The minimum atomic E-state index is -0.968. The average Bonchev–Trinajstić information content (AvgIpc) is 2.45. The molecule has 0 amide bonds. The van der Waals surface area contributed by atoms with Gasteiger partial charge in [0.15, 0.2) is 0 Å². The predicted octanol–water partition coefficient (Wildman–Crippen LogP) is 4.30. The summed E-state index contributed by atoms with van der Waals surface area (Å²) in [6, 6.07) is 0. The molecule has 0 fully saturated rings. The Morgan fingerprint density at radius 2 is 1.15 bits per heavy atom. The third kappa shape index (κ3) is 26.9. The molecule has 0 aromatic heterocycles. The molecule has 0 rings (SSSR count). The molecule has 20 heavy (non-hydrogen) atoms. The molecular formula is C16H34NNaO2. The van der Waals surface area contributed by atoms with Crippen molar-refractivity contribution in [1.82, 2.24) is 0 Å². The first kappa shape index (κ1) is 22.7. The molecule has 0 aliphatic heterocycles. The van der Waals surface area contributed by atoms with E-state index in [1.165, 1.54) is 109 Å². The Morgan fingerprint density at radius 3 is 1.40 bits per heavy atom. The Morgan fingerprint density at radius 1 is 0.850 bits per heavy atom. The molecule has 0 saturated heterocycles. The number of carboxylic acids is 1. The molecule has 0 spiro atoms. The van der Waals surface area contributed by atoms with Gasteiger partial charge in [0.1, 0.15) is 0 Å². The summed E-state index contributed by atoms with van der Waals surface area (Å²) in [7, 11) is 0. The van der Waals surface area contributed by atoms with Crippen molar-refractivity contribution < 1.29 is 9.90 Å². The van der Waals surface area contributed by atoms with E-state index in [2.05, 4.69) is 12.7 Å². The normalized spacial score (nSPS) is 10.0. The zero-order valence-corrected chi connectivity index (χ0v) is 15.8. The second kappa shape index (κ2) is 21.7. The van der Waals surface area contributed by atoms with Gasteiger partial charge in [-0.25, -0.2) is 0 Å². The van der Waals surface area contributed by atoms with Crippen LogP contribution in [0.3, 0.4) is 0 Å². The summed E-state index contributed by atoms with van der Waals surface area (Å²) in [6.07, 6.45) is 17.7. The van der Waals surface area contributed by atoms with Crippen molar-refractivity contribution in [3.05, 3.63) is 0 Å². The van der Waals surface area contributed by atoms with Crippen LogP contribution in [-0.4, -0.2) is 45.6 Å². The number of aliphatic carboxylic acids is 1. The van der Waals surface area contributed by atoms with Crippen molar-refractivity contribution in [3.8, 4) is 0 Å². The summed E-state index contributed by atoms with van der Waals surface area (Å²) < 4.78 is 1.51. The number of unbranched alkanes of at least 4 members (excludes halogenated alkanes) is 11. The van der Waals surface area contributed by atoms with Crippen LogP contribution in [-0.2, 0) is 4.79 Å². The molecule has 116 valence electrons. The molecular weight excluding hydrogens is 261 g/mol. The number of rotatable bonds is 13. The second-order valence-electron chi connectivity index (χ2n) is 5.49. The fourth-order valence-electron chi connectivity index (χ4n) is 2.09. The zero-order chi connectivity index (χ0) is 15.5. The third-order valence-electron chi connectivity index (χ3n) is 3.38. The molecule has 0 aliphatic rings. The van der Waals surface area contributed by atoms with Gasteiger partial charge in [0.25, 0.3) is 0 Å². The van der Waals surface area contributed by atoms with Gasteiger partial charge in [0, 0.05) is 0 Å². The van der Waals surface area contributed by atoms with E-state index < -0.39 is 5.97 Å². The van der Waals surface area contributed by atoms with Crippen LogP contribution in [0.1, 0.15) is 84.0 Å². The molecule has 0 unspecified atom stereocenters. The van der Waals surface area contributed by atoms with Crippen molar-refractivity contribution in [2.45, 2.75) is 87.6 Å². The van der Waals surface area contributed by atoms with Crippen LogP contribution in [0.25, 0.3) is 0 Å². The molecule has 0 aromatic carbocycles. The van der Waals surface area contributed by atoms with Crippen LogP contribution in [0.4, 0.5) is 0 Å². The standard InChI is InChI=1S/C14H29.C2H5NO2.Na/c1-3-5-7-9-11-13-14-12-10-8-6-4-2;3-1-2(4)5;/h1,3-14H2,2H3;1,3H2,(H,4,5);. The predicted molar refractivity (Wildman–Crippen MR) is 88.3 cm³/mol. The molecule has 0 heterocycles. The van der Waals surface area contributed by atoms with E-state index in [-0.39, 0.29) is 6.54 Å². The first-order chi connectivity index (χ1) is 9.68. The van der Waals surface area contributed by atoms with E-state index in [0.717, 1.165) is 0 Å². The smallest absolute Gasteiger partial charge is 0.317 e. The Kier molecular flexibility index (Phi) is 24.7. The first-order valence-corrected chi connectivity index (χ1v) is 10.0. The van der Waals surface area contributed by atoms with Crippen LogP contribution in [0.5, 0.6) is 0 Å². The van der Waals surface area contributed by atoms with Gasteiger partial charge < -0.3 is 10.8 Å². The maximum absolute atomic E-state index is 9.24. The van der Waals surface area contributed by atoms with E-state index in [1.807, 2.05) is 0 Å². The van der Waals surface area contributed by atoms with Crippen molar-refractivity contribution in [2.24, 2.45) is 5.73 Å². The Labute approximate surface area is 143 Å². The molecule has 0 atom stereocenters. The van der Waals surface area contributed by atoms with Crippen LogP contribution >= 0.6 is 0 Å². The molecule has 3 nitrogen and oxygen atoms in total. The van der Waals surface area contributed by atoms with Gasteiger partial charge in [0.2, 0.25) is 0 Å². The number of carbonyl (C=O) groups is 1. The third-order valence-corrected chi connectivity index (χ3v) is 4.09. The van der Waals surface area contributed by atoms with E-state index in [9.17, 15) is 4.79 Å². The Bertz CT molecular complexity index is 177. The SMILES string of the molecule is CCCCCCCCCCCCC[CH2][Na].NCC(=O)O. The van der Waals surface area contributed by atoms with Crippen molar-refractivity contribution in [2.75, 3.05) is 6.54 Å². The maximum Gasteiger partial charge on any atom is 0.317 e. The zero-order valence-electron chi connectivity index (χ0n) is 13.8. The van der Waals surface area contributed by atoms with Gasteiger partial charge in [-0.15, -0.1) is 0 Å². The summed E-state index contributed by atoms with van der Waals surface area (Å²) in [6.45, 7) is 2.01. The molecule has 0 aliphatic carbocycles. The van der Waals surface area contributed by atoms with Gasteiger partial charge >= 0.3 is 108 Å². The van der Waals surface area contributed by atoms with Gasteiger partial charge in [0.05, 0.1) is 6.54 Å². The summed E-state index contributed by atoms with van der Waals surface area (Å²) in [5, 5.41) is 7.60. The number of hydrogen-bond acceptors (Lipinski definition) is 2. The molecule has 4 heteroatoms. The van der Waals surface area contributed by atoms with Gasteiger partial charge in [-0.05, 0) is 0 Å². The number of carboxylic acid groups (broad SMARTS) is 1. The van der Waals surface area contributed by atoms with Gasteiger partial charge in [-0.3, -0.25) is 4.79 Å². The van der Waals surface area contributed by atoms with E-state index in [1.54, 1.807) is 0 Å². The van der Waals surface area contributed by atoms with E-state index in [0.29, 0.717) is 0 Å². The molecule has 3 N–H and O–H groups in total. The summed E-state index contributed by atoms with van der Waals surface area (Å²) in [5.41, 5.74) is 4.57. The Balaban J connectivity index is 0. The van der Waals surface area contributed by atoms with Crippen molar-refractivity contribution >= 4 is 33.9 Å². The average molecular weight is 295 g/mol. The van der Waals surface area contributed by atoms with E-state index in [4.69, 9.17) is 5.11 Å². The monoisotopic (exact) mass is 295 g/mol. The topological polar surface area (TPSA) is 63.3 Å². The van der Waals surface area contributed by atoms with E-state index >= 15 is 0 Å². The first-order valence-electron chi connectivity index (χ1n) is 8.60. The molecule has 0 bridgehead atoms.